The van der Waals surface area contributed by atoms with Crippen LogP contribution in [0.4, 0.5) is 0 Å². The van der Waals surface area contributed by atoms with E-state index in [0.29, 0.717) is 37.6 Å². The number of rotatable bonds is 6. The van der Waals surface area contributed by atoms with E-state index in [-0.39, 0.29) is 17.7 Å². The summed E-state index contributed by atoms with van der Waals surface area (Å²) < 4.78 is 0. The number of thioether (sulfide) groups is 1. The number of carbonyl (C=O) groups excluding carboxylic acids is 2. The van der Waals surface area contributed by atoms with Crippen molar-refractivity contribution in [3.05, 3.63) is 0 Å². The molecule has 3 N–H and O–H groups in total. The van der Waals surface area contributed by atoms with Gasteiger partial charge in [0.2, 0.25) is 11.8 Å². The Labute approximate surface area is 119 Å². The second kappa shape index (κ2) is 8.43. The Morgan fingerprint density at radius 3 is 2.58 bits per heavy atom. The second-order valence-corrected chi connectivity index (χ2v) is 6.22. The van der Waals surface area contributed by atoms with Crippen LogP contribution in [0.1, 0.15) is 33.1 Å². The lowest BCUT2D eigenvalue weighted by molar-refractivity contribution is -0.133. The highest BCUT2D eigenvalue weighted by atomic mass is 32.2. The van der Waals surface area contributed by atoms with Crippen molar-refractivity contribution in [1.29, 1.82) is 0 Å². The molecule has 19 heavy (non-hydrogen) atoms. The summed E-state index contributed by atoms with van der Waals surface area (Å²) in [5.41, 5.74) is 2.19. The standard InChI is InChI=1S/C13H25N3O2S/c1-3-10(2)8-19-9-12(17)16-6-4-11(5-7-16)13(18)15-14/h10-11H,3-9,14H2,1-2H3,(H,15,18). The molecule has 0 saturated carbocycles. The first-order valence-electron chi connectivity index (χ1n) is 6.94. The van der Waals surface area contributed by atoms with Crippen LogP contribution in [0.2, 0.25) is 0 Å². The van der Waals surface area contributed by atoms with Crippen LogP contribution in [0.3, 0.4) is 0 Å². The largest absolute Gasteiger partial charge is 0.342 e. The zero-order chi connectivity index (χ0) is 14.3. The van der Waals surface area contributed by atoms with Crippen molar-refractivity contribution < 1.29 is 9.59 Å². The molecule has 2 amide bonds. The Morgan fingerprint density at radius 2 is 2.05 bits per heavy atom. The van der Waals surface area contributed by atoms with Crippen molar-refractivity contribution in [2.24, 2.45) is 17.7 Å². The molecule has 0 aliphatic carbocycles. The molecule has 0 aromatic rings. The molecule has 0 bridgehead atoms. The summed E-state index contributed by atoms with van der Waals surface area (Å²) in [6.07, 6.45) is 2.58. The number of nitrogens with two attached hydrogens (primary N) is 1. The first-order chi connectivity index (χ1) is 9.08. The van der Waals surface area contributed by atoms with Crippen LogP contribution in [0, 0.1) is 11.8 Å². The number of hydrazine groups is 1. The molecule has 1 heterocycles. The van der Waals surface area contributed by atoms with Crippen molar-refractivity contribution >= 4 is 23.6 Å². The molecule has 1 saturated heterocycles. The number of hydrogen-bond donors (Lipinski definition) is 2. The number of nitrogens with one attached hydrogen (secondary N) is 1. The SMILES string of the molecule is CCC(C)CSCC(=O)N1CCC(C(=O)NN)CC1. The predicted molar refractivity (Wildman–Crippen MR) is 78.4 cm³/mol. The summed E-state index contributed by atoms with van der Waals surface area (Å²) in [5.74, 6) is 7.42. The van der Waals surface area contributed by atoms with E-state index >= 15 is 0 Å². The van der Waals surface area contributed by atoms with Gasteiger partial charge in [-0.3, -0.25) is 15.0 Å². The van der Waals surface area contributed by atoms with E-state index < -0.39 is 0 Å². The van der Waals surface area contributed by atoms with Gasteiger partial charge in [0, 0.05) is 19.0 Å². The maximum atomic E-state index is 12.0. The first kappa shape index (κ1) is 16.3. The average Bonchev–Trinajstić information content (AvgIpc) is 2.46. The molecule has 0 aromatic carbocycles. The molecule has 0 radical (unpaired) electrons. The molecule has 0 spiro atoms. The van der Waals surface area contributed by atoms with Gasteiger partial charge in [0.1, 0.15) is 0 Å². The summed E-state index contributed by atoms with van der Waals surface area (Å²) in [4.78, 5) is 25.2. The van der Waals surface area contributed by atoms with Crippen molar-refractivity contribution in [1.82, 2.24) is 10.3 Å². The van der Waals surface area contributed by atoms with E-state index in [0.717, 1.165) is 12.2 Å². The molecule has 0 aromatic heterocycles. The number of likely N-dealkylation sites (tertiary alicyclic amines) is 1. The minimum atomic E-state index is -0.113. The minimum Gasteiger partial charge on any atom is -0.342 e. The monoisotopic (exact) mass is 287 g/mol. The third-order valence-electron chi connectivity index (χ3n) is 3.69. The normalized spacial score (nSPS) is 18.2. The van der Waals surface area contributed by atoms with Gasteiger partial charge >= 0.3 is 0 Å². The van der Waals surface area contributed by atoms with Crippen LogP contribution in [0.15, 0.2) is 0 Å². The summed E-state index contributed by atoms with van der Waals surface area (Å²) in [6.45, 7) is 5.70. The molecule has 1 fully saturated rings. The number of carbonyl (C=O) groups is 2. The lowest BCUT2D eigenvalue weighted by Crippen LogP contribution is -2.45. The van der Waals surface area contributed by atoms with Gasteiger partial charge in [-0.1, -0.05) is 20.3 Å². The van der Waals surface area contributed by atoms with Crippen LogP contribution < -0.4 is 11.3 Å². The highest BCUT2D eigenvalue weighted by Gasteiger charge is 2.26. The van der Waals surface area contributed by atoms with Crippen molar-refractivity contribution in [2.45, 2.75) is 33.1 Å². The van der Waals surface area contributed by atoms with Crippen molar-refractivity contribution in [3.8, 4) is 0 Å². The van der Waals surface area contributed by atoms with E-state index in [1.54, 1.807) is 11.8 Å². The molecule has 1 atom stereocenters. The Balaban J connectivity index is 2.23. The van der Waals surface area contributed by atoms with Crippen LogP contribution in [0.25, 0.3) is 0 Å². The zero-order valence-corrected chi connectivity index (χ0v) is 12.7. The maximum absolute atomic E-state index is 12.0. The van der Waals surface area contributed by atoms with Gasteiger partial charge in [-0.2, -0.15) is 11.8 Å². The van der Waals surface area contributed by atoms with Gasteiger partial charge in [0.05, 0.1) is 5.75 Å². The van der Waals surface area contributed by atoms with Gasteiger partial charge < -0.3 is 4.90 Å². The summed E-state index contributed by atoms with van der Waals surface area (Å²) in [6, 6.07) is 0. The van der Waals surface area contributed by atoms with Crippen molar-refractivity contribution in [3.63, 3.8) is 0 Å². The molecule has 110 valence electrons. The highest BCUT2D eigenvalue weighted by molar-refractivity contribution is 7.99. The fraction of sp³-hybridized carbons (Fsp3) is 0.846. The number of amides is 2. The molecule has 1 unspecified atom stereocenters. The smallest absolute Gasteiger partial charge is 0.237 e. The summed E-state index contributed by atoms with van der Waals surface area (Å²) in [5, 5.41) is 0. The fourth-order valence-corrected chi connectivity index (χ4v) is 3.18. The van der Waals surface area contributed by atoms with Gasteiger partial charge in [0.15, 0.2) is 0 Å². The Kier molecular flexibility index (Phi) is 7.23. The van der Waals surface area contributed by atoms with Crippen LogP contribution >= 0.6 is 11.8 Å². The Bertz CT molecular complexity index is 304. The number of piperidine rings is 1. The lowest BCUT2D eigenvalue weighted by atomic mass is 9.96. The predicted octanol–water partition coefficient (Wildman–Crippen LogP) is 0.994. The Morgan fingerprint density at radius 1 is 1.42 bits per heavy atom. The number of hydrogen-bond acceptors (Lipinski definition) is 4. The van der Waals surface area contributed by atoms with E-state index in [4.69, 9.17) is 5.84 Å². The van der Waals surface area contributed by atoms with Gasteiger partial charge in [0.25, 0.3) is 0 Å². The van der Waals surface area contributed by atoms with Gasteiger partial charge in [-0.05, 0) is 24.5 Å². The third-order valence-corrected chi connectivity index (χ3v) is 4.94. The van der Waals surface area contributed by atoms with E-state index in [2.05, 4.69) is 19.3 Å². The zero-order valence-electron chi connectivity index (χ0n) is 11.9. The van der Waals surface area contributed by atoms with Crippen LogP contribution in [0.5, 0.6) is 0 Å². The van der Waals surface area contributed by atoms with Gasteiger partial charge in [-0.25, -0.2) is 5.84 Å². The van der Waals surface area contributed by atoms with Gasteiger partial charge in [-0.15, -0.1) is 0 Å². The number of nitrogens with zero attached hydrogens (tertiary/aromatic N) is 1. The second-order valence-electron chi connectivity index (χ2n) is 5.19. The van der Waals surface area contributed by atoms with E-state index in [1.165, 1.54) is 0 Å². The quantitative estimate of drug-likeness (QED) is 0.434. The minimum absolute atomic E-state index is 0.0400. The average molecular weight is 287 g/mol. The van der Waals surface area contributed by atoms with Crippen LogP contribution in [-0.4, -0.2) is 41.3 Å². The fourth-order valence-electron chi connectivity index (χ4n) is 2.07. The topological polar surface area (TPSA) is 75.4 Å². The van der Waals surface area contributed by atoms with E-state index in [9.17, 15) is 9.59 Å². The molecule has 1 rings (SSSR count). The first-order valence-corrected chi connectivity index (χ1v) is 8.09. The maximum Gasteiger partial charge on any atom is 0.237 e. The molecule has 1 aliphatic rings. The Hall–Kier alpha value is -0.750. The lowest BCUT2D eigenvalue weighted by Gasteiger charge is -2.31. The summed E-state index contributed by atoms with van der Waals surface area (Å²) >= 11 is 1.71. The molecule has 1 aliphatic heterocycles. The highest BCUT2D eigenvalue weighted by Crippen LogP contribution is 2.19. The third kappa shape index (κ3) is 5.40. The molecular weight excluding hydrogens is 262 g/mol. The van der Waals surface area contributed by atoms with E-state index in [1.807, 2.05) is 4.90 Å². The summed E-state index contributed by atoms with van der Waals surface area (Å²) in [7, 11) is 0. The molecule has 5 nitrogen and oxygen atoms in total. The van der Waals surface area contributed by atoms with Crippen LogP contribution in [-0.2, 0) is 9.59 Å². The molecular formula is C13H25N3O2S. The van der Waals surface area contributed by atoms with Crippen molar-refractivity contribution in [2.75, 3.05) is 24.6 Å². The molecule has 6 heteroatoms.